The summed E-state index contributed by atoms with van der Waals surface area (Å²) in [6, 6.07) is 0. The van der Waals surface area contributed by atoms with Crippen molar-refractivity contribution in [1.29, 1.82) is 0 Å². The van der Waals surface area contributed by atoms with Gasteiger partial charge in [-0.25, -0.2) is 0 Å². The highest BCUT2D eigenvalue weighted by molar-refractivity contribution is 7.98. The summed E-state index contributed by atoms with van der Waals surface area (Å²) in [4.78, 5) is 14.0. The van der Waals surface area contributed by atoms with E-state index in [1.165, 1.54) is 6.42 Å². The minimum Gasteiger partial charge on any atom is -0.342 e. The van der Waals surface area contributed by atoms with Crippen molar-refractivity contribution in [3.8, 4) is 0 Å². The molecule has 0 saturated carbocycles. The molecular formula is C11H22N2OS. The predicted octanol–water partition coefficient (Wildman–Crippen LogP) is 1.18. The Bertz CT molecular complexity index is 211. The van der Waals surface area contributed by atoms with Crippen molar-refractivity contribution in [1.82, 2.24) is 4.90 Å². The molecule has 0 aromatic rings. The lowest BCUT2D eigenvalue weighted by atomic mass is 9.97. The van der Waals surface area contributed by atoms with Crippen LogP contribution < -0.4 is 5.73 Å². The molecule has 1 saturated heterocycles. The van der Waals surface area contributed by atoms with Crippen LogP contribution in [0.15, 0.2) is 0 Å². The third kappa shape index (κ3) is 3.68. The van der Waals surface area contributed by atoms with Gasteiger partial charge in [0.2, 0.25) is 5.91 Å². The van der Waals surface area contributed by atoms with Crippen LogP contribution in [0, 0.1) is 11.8 Å². The Morgan fingerprint density at radius 2 is 2.40 bits per heavy atom. The van der Waals surface area contributed by atoms with Crippen molar-refractivity contribution in [2.24, 2.45) is 17.6 Å². The summed E-state index contributed by atoms with van der Waals surface area (Å²) in [6.45, 7) is 4.52. The second kappa shape index (κ2) is 6.38. The first-order valence-corrected chi connectivity index (χ1v) is 7.06. The maximum absolute atomic E-state index is 12.0. The molecule has 2 unspecified atom stereocenters. The van der Waals surface area contributed by atoms with Crippen LogP contribution in [0.1, 0.15) is 19.8 Å². The van der Waals surface area contributed by atoms with Crippen LogP contribution in [-0.4, -0.2) is 42.4 Å². The molecule has 0 radical (unpaired) electrons. The maximum atomic E-state index is 12.0. The van der Waals surface area contributed by atoms with Crippen LogP contribution in [-0.2, 0) is 4.79 Å². The molecule has 0 aromatic heterocycles. The fourth-order valence-electron chi connectivity index (χ4n) is 2.09. The van der Waals surface area contributed by atoms with Crippen molar-refractivity contribution in [3.63, 3.8) is 0 Å². The summed E-state index contributed by atoms with van der Waals surface area (Å²) in [6.07, 6.45) is 4.33. The zero-order valence-electron chi connectivity index (χ0n) is 9.74. The summed E-state index contributed by atoms with van der Waals surface area (Å²) < 4.78 is 0. The summed E-state index contributed by atoms with van der Waals surface area (Å²) >= 11 is 1.74. The Balaban J connectivity index is 2.44. The first-order chi connectivity index (χ1) is 7.19. The van der Waals surface area contributed by atoms with Gasteiger partial charge in [0.25, 0.3) is 0 Å². The highest BCUT2D eigenvalue weighted by Crippen LogP contribution is 2.18. The van der Waals surface area contributed by atoms with Crippen LogP contribution in [0.3, 0.4) is 0 Å². The number of amides is 1. The normalized spacial score (nSPS) is 23.9. The molecule has 1 amide bonds. The summed E-state index contributed by atoms with van der Waals surface area (Å²) in [5, 5.41) is 0. The van der Waals surface area contributed by atoms with Gasteiger partial charge in [-0.05, 0) is 31.6 Å². The minimum absolute atomic E-state index is 0.150. The number of hydrogen-bond acceptors (Lipinski definition) is 3. The molecule has 1 aliphatic rings. The molecule has 4 heteroatoms. The molecule has 1 heterocycles. The SMILES string of the molecule is CSCC(C)C(=O)N1CCCC(CN)C1. The lowest BCUT2D eigenvalue weighted by molar-refractivity contribution is -0.136. The van der Waals surface area contributed by atoms with E-state index in [1.54, 1.807) is 11.8 Å². The molecule has 0 aromatic carbocycles. The van der Waals surface area contributed by atoms with Gasteiger partial charge in [0, 0.05) is 24.8 Å². The van der Waals surface area contributed by atoms with E-state index in [0.717, 1.165) is 25.3 Å². The molecule has 88 valence electrons. The van der Waals surface area contributed by atoms with Gasteiger partial charge in [-0.1, -0.05) is 6.92 Å². The quantitative estimate of drug-likeness (QED) is 0.789. The van der Waals surface area contributed by atoms with Gasteiger partial charge in [-0.15, -0.1) is 0 Å². The predicted molar refractivity (Wildman–Crippen MR) is 65.9 cm³/mol. The Morgan fingerprint density at radius 3 is 3.00 bits per heavy atom. The van der Waals surface area contributed by atoms with E-state index >= 15 is 0 Å². The topological polar surface area (TPSA) is 46.3 Å². The second-order valence-electron chi connectivity index (χ2n) is 4.38. The lowest BCUT2D eigenvalue weighted by Gasteiger charge is -2.33. The fourth-order valence-corrected chi connectivity index (χ4v) is 2.73. The second-order valence-corrected chi connectivity index (χ2v) is 5.30. The average molecular weight is 230 g/mol. The minimum atomic E-state index is 0.150. The van der Waals surface area contributed by atoms with Crippen molar-refractivity contribution >= 4 is 17.7 Å². The molecule has 2 N–H and O–H groups in total. The molecule has 1 aliphatic heterocycles. The Labute approximate surface area is 96.8 Å². The van der Waals surface area contributed by atoms with E-state index in [0.29, 0.717) is 18.4 Å². The standard InChI is InChI=1S/C11H22N2OS/c1-9(8-15-2)11(14)13-5-3-4-10(6-12)7-13/h9-10H,3-8,12H2,1-2H3. The van der Waals surface area contributed by atoms with Crippen LogP contribution in [0.4, 0.5) is 0 Å². The van der Waals surface area contributed by atoms with Gasteiger partial charge in [0.1, 0.15) is 0 Å². The van der Waals surface area contributed by atoms with Gasteiger partial charge in [-0.2, -0.15) is 11.8 Å². The first kappa shape index (κ1) is 12.8. The Kier molecular flexibility index (Phi) is 5.47. The number of nitrogens with zero attached hydrogens (tertiary/aromatic N) is 1. The molecule has 15 heavy (non-hydrogen) atoms. The third-order valence-electron chi connectivity index (χ3n) is 3.00. The van der Waals surface area contributed by atoms with Crippen molar-refractivity contribution in [2.75, 3.05) is 31.6 Å². The zero-order valence-corrected chi connectivity index (χ0v) is 10.6. The van der Waals surface area contributed by atoms with E-state index in [4.69, 9.17) is 5.73 Å². The monoisotopic (exact) mass is 230 g/mol. The van der Waals surface area contributed by atoms with Crippen molar-refractivity contribution < 1.29 is 4.79 Å². The average Bonchev–Trinajstić information content (AvgIpc) is 2.28. The smallest absolute Gasteiger partial charge is 0.226 e. The van der Waals surface area contributed by atoms with E-state index in [-0.39, 0.29) is 5.92 Å². The van der Waals surface area contributed by atoms with Crippen LogP contribution >= 0.6 is 11.8 Å². The van der Waals surface area contributed by atoms with Gasteiger partial charge >= 0.3 is 0 Å². The van der Waals surface area contributed by atoms with Gasteiger partial charge in [0.05, 0.1) is 0 Å². The maximum Gasteiger partial charge on any atom is 0.226 e. The first-order valence-electron chi connectivity index (χ1n) is 5.66. The molecule has 0 aliphatic carbocycles. The molecule has 0 bridgehead atoms. The molecule has 1 fully saturated rings. The number of likely N-dealkylation sites (tertiary alicyclic amines) is 1. The summed E-state index contributed by atoms with van der Waals surface area (Å²) in [5.41, 5.74) is 5.66. The Morgan fingerprint density at radius 1 is 1.67 bits per heavy atom. The Hall–Kier alpha value is -0.220. The molecule has 3 nitrogen and oxygen atoms in total. The molecule has 2 atom stereocenters. The lowest BCUT2D eigenvalue weighted by Crippen LogP contribution is -2.44. The van der Waals surface area contributed by atoms with Crippen molar-refractivity contribution in [2.45, 2.75) is 19.8 Å². The van der Waals surface area contributed by atoms with Gasteiger partial charge in [-0.3, -0.25) is 4.79 Å². The number of carbonyl (C=O) groups is 1. The van der Waals surface area contributed by atoms with E-state index < -0.39 is 0 Å². The number of nitrogens with two attached hydrogens (primary N) is 1. The largest absolute Gasteiger partial charge is 0.342 e. The van der Waals surface area contributed by atoms with Gasteiger partial charge in [0.15, 0.2) is 0 Å². The number of thioether (sulfide) groups is 1. The van der Waals surface area contributed by atoms with Crippen LogP contribution in [0.5, 0.6) is 0 Å². The third-order valence-corrected chi connectivity index (χ3v) is 3.84. The molecular weight excluding hydrogens is 208 g/mol. The zero-order chi connectivity index (χ0) is 11.3. The van der Waals surface area contributed by atoms with Crippen molar-refractivity contribution in [3.05, 3.63) is 0 Å². The highest BCUT2D eigenvalue weighted by atomic mass is 32.2. The number of carbonyl (C=O) groups excluding carboxylic acids is 1. The van der Waals surface area contributed by atoms with Crippen LogP contribution in [0.2, 0.25) is 0 Å². The molecule has 0 spiro atoms. The van der Waals surface area contributed by atoms with E-state index in [2.05, 4.69) is 0 Å². The van der Waals surface area contributed by atoms with E-state index in [1.807, 2.05) is 18.1 Å². The molecule has 1 rings (SSSR count). The number of piperidine rings is 1. The van der Waals surface area contributed by atoms with E-state index in [9.17, 15) is 4.79 Å². The van der Waals surface area contributed by atoms with Gasteiger partial charge < -0.3 is 10.6 Å². The number of rotatable bonds is 4. The summed E-state index contributed by atoms with van der Waals surface area (Å²) in [7, 11) is 0. The highest BCUT2D eigenvalue weighted by Gasteiger charge is 2.25. The fraction of sp³-hybridized carbons (Fsp3) is 0.909. The summed E-state index contributed by atoms with van der Waals surface area (Å²) in [5.74, 6) is 1.89. The number of hydrogen-bond donors (Lipinski definition) is 1. The van der Waals surface area contributed by atoms with Crippen LogP contribution in [0.25, 0.3) is 0 Å².